The van der Waals surface area contributed by atoms with Crippen molar-refractivity contribution in [2.75, 3.05) is 0 Å². The fourth-order valence-electron chi connectivity index (χ4n) is 2.43. The number of halogens is 14. The van der Waals surface area contributed by atoms with Gasteiger partial charge in [0.1, 0.15) is 5.82 Å². The van der Waals surface area contributed by atoms with Crippen LogP contribution in [0.2, 0.25) is 0 Å². The molecule has 2 aromatic rings. The van der Waals surface area contributed by atoms with Gasteiger partial charge in [-0.15, -0.1) is 0 Å². The van der Waals surface area contributed by atoms with Crippen molar-refractivity contribution < 1.29 is 71.4 Å². The lowest BCUT2D eigenvalue weighted by Gasteiger charge is -2.28. The lowest BCUT2D eigenvalue weighted by atomic mass is 9.96. The van der Waals surface area contributed by atoms with E-state index in [1.165, 1.54) is 0 Å². The number of hydrogen-bond donors (Lipinski definition) is 0. The van der Waals surface area contributed by atoms with Gasteiger partial charge in [0.2, 0.25) is 5.78 Å². The molecule has 0 saturated carbocycles. The van der Waals surface area contributed by atoms with Gasteiger partial charge in [-0.25, -0.2) is 35.1 Å². The number of benzene rings is 2. The van der Waals surface area contributed by atoms with Crippen LogP contribution in [0.5, 0.6) is 0 Å². The van der Waals surface area contributed by atoms with Crippen molar-refractivity contribution in [1.29, 1.82) is 0 Å². The zero-order valence-corrected chi connectivity index (χ0v) is 14.2. The van der Waals surface area contributed by atoms with Gasteiger partial charge >= 0.3 is 18.0 Å². The summed E-state index contributed by atoms with van der Waals surface area (Å²) in [5, 5.41) is 7.16. The molecule has 0 N–H and O–H groups in total. The summed E-state index contributed by atoms with van der Waals surface area (Å²) in [6.45, 7) is 0. The summed E-state index contributed by atoms with van der Waals surface area (Å²) >= 11 is 0. The highest BCUT2D eigenvalue weighted by atomic mass is 19.4. The molecule has 0 aliphatic carbocycles. The summed E-state index contributed by atoms with van der Waals surface area (Å²) in [6.07, 6.45) is -15.6. The van der Waals surface area contributed by atoms with Gasteiger partial charge in [0.25, 0.3) is 0 Å². The number of ketones is 1. The van der Waals surface area contributed by atoms with Crippen LogP contribution >= 0.6 is 0 Å². The Balaban J connectivity index is 2.89. The molecule has 176 valence electrons. The van der Waals surface area contributed by atoms with Crippen LogP contribution < -0.4 is 5.11 Å². The van der Waals surface area contributed by atoms with Crippen LogP contribution in [0, 0.1) is 40.7 Å². The van der Waals surface area contributed by atoms with Gasteiger partial charge in [0, 0.05) is 5.56 Å². The second kappa shape index (κ2) is 7.51. The average molecular weight is 491 g/mol. The third-order valence-electron chi connectivity index (χ3n) is 3.97. The maximum atomic E-state index is 14.3. The first kappa shape index (κ1) is 25.2. The van der Waals surface area contributed by atoms with E-state index in [9.17, 15) is 71.4 Å². The summed E-state index contributed by atoms with van der Waals surface area (Å²) in [4.78, 5) is 11.3. The zero-order valence-electron chi connectivity index (χ0n) is 14.2. The molecular formula is C16HF14O2-. The number of carbonyl (C=O) groups excluding carboxylic acids is 1. The SMILES string of the molecule is O=C(/C=C(\[O-])c1c(F)c(F)c2c(F)c(F)c(F)c(F)c2c1F)C(F)(C(F)(F)F)C(F)(F)F. The van der Waals surface area contributed by atoms with Gasteiger partial charge in [-0.2, -0.15) is 26.3 Å². The molecular weight excluding hydrogens is 490 g/mol. The predicted molar refractivity (Wildman–Crippen MR) is 72.6 cm³/mol. The van der Waals surface area contributed by atoms with Crippen molar-refractivity contribution in [3.05, 3.63) is 52.4 Å². The molecule has 0 amide bonds. The molecule has 0 atom stereocenters. The Kier molecular flexibility index (Phi) is 5.91. The van der Waals surface area contributed by atoms with E-state index in [1.807, 2.05) is 0 Å². The Morgan fingerprint density at radius 1 is 0.594 bits per heavy atom. The van der Waals surface area contributed by atoms with Crippen LogP contribution in [0.3, 0.4) is 0 Å². The first-order valence-electron chi connectivity index (χ1n) is 7.38. The van der Waals surface area contributed by atoms with Crippen molar-refractivity contribution >= 4 is 22.3 Å². The Morgan fingerprint density at radius 3 is 1.31 bits per heavy atom. The van der Waals surface area contributed by atoms with E-state index in [4.69, 9.17) is 0 Å². The van der Waals surface area contributed by atoms with Crippen molar-refractivity contribution in [3.8, 4) is 0 Å². The van der Waals surface area contributed by atoms with E-state index in [2.05, 4.69) is 0 Å². The molecule has 32 heavy (non-hydrogen) atoms. The predicted octanol–water partition coefficient (Wildman–Crippen LogP) is 4.92. The van der Waals surface area contributed by atoms with E-state index >= 15 is 0 Å². The van der Waals surface area contributed by atoms with Crippen LogP contribution in [-0.2, 0) is 4.79 Å². The number of allylic oxidation sites excluding steroid dienone is 1. The van der Waals surface area contributed by atoms with E-state index in [0.717, 1.165) is 0 Å². The van der Waals surface area contributed by atoms with Crippen LogP contribution in [0.15, 0.2) is 6.08 Å². The monoisotopic (exact) mass is 491 g/mol. The van der Waals surface area contributed by atoms with Crippen molar-refractivity contribution in [2.24, 2.45) is 0 Å². The molecule has 0 heterocycles. The Morgan fingerprint density at radius 2 is 0.938 bits per heavy atom. The summed E-state index contributed by atoms with van der Waals surface area (Å²) in [5.41, 5.74) is -9.38. The molecule has 0 radical (unpaired) electrons. The molecule has 0 aromatic heterocycles. The van der Waals surface area contributed by atoms with Gasteiger partial charge in [0.15, 0.2) is 34.9 Å². The van der Waals surface area contributed by atoms with Crippen molar-refractivity contribution in [1.82, 2.24) is 0 Å². The summed E-state index contributed by atoms with van der Waals surface area (Å²) in [5.74, 6) is -26.4. The zero-order chi connectivity index (χ0) is 25.1. The molecule has 0 aliphatic rings. The standard InChI is InChI=1S/C16H2F14O2/c17-7-4(2(31)1-3(32)14(24,15(25,26)27)16(28,29)30)8(18)9(19)6-5(7)10(20)12(22)13(23)11(6)21/h1,31H/p-1/b2-1-. The smallest absolute Gasteiger partial charge is 0.439 e. The molecule has 2 aromatic carbocycles. The molecule has 2 rings (SSSR count). The summed E-state index contributed by atoms with van der Waals surface area (Å²) < 4.78 is 185. The van der Waals surface area contributed by atoms with Crippen LogP contribution in [-0.4, -0.2) is 23.8 Å². The number of carbonyl (C=O) groups is 1. The minimum absolute atomic E-state index is 1.47. The van der Waals surface area contributed by atoms with Crippen LogP contribution in [0.25, 0.3) is 16.5 Å². The van der Waals surface area contributed by atoms with E-state index in [1.54, 1.807) is 0 Å². The second-order valence-electron chi connectivity index (χ2n) is 5.85. The number of rotatable bonds is 3. The van der Waals surface area contributed by atoms with Crippen molar-refractivity contribution in [2.45, 2.75) is 18.0 Å². The lowest BCUT2D eigenvalue weighted by molar-refractivity contribution is -0.323. The molecule has 0 fully saturated rings. The highest BCUT2D eigenvalue weighted by Gasteiger charge is 2.76. The van der Waals surface area contributed by atoms with Crippen molar-refractivity contribution in [3.63, 3.8) is 0 Å². The van der Waals surface area contributed by atoms with Gasteiger partial charge in [-0.1, -0.05) is 5.76 Å². The average Bonchev–Trinajstić information content (AvgIpc) is 2.64. The molecule has 2 nitrogen and oxygen atoms in total. The highest BCUT2D eigenvalue weighted by Crippen LogP contribution is 2.47. The topological polar surface area (TPSA) is 40.1 Å². The first-order chi connectivity index (χ1) is 14.3. The summed E-state index contributed by atoms with van der Waals surface area (Å²) in [7, 11) is 0. The van der Waals surface area contributed by atoms with E-state index < -0.39 is 92.7 Å². The van der Waals surface area contributed by atoms with E-state index in [-0.39, 0.29) is 0 Å². The van der Waals surface area contributed by atoms with Gasteiger partial charge in [-0.05, 0) is 6.08 Å². The quantitative estimate of drug-likeness (QED) is 0.201. The second-order valence-corrected chi connectivity index (χ2v) is 5.85. The third kappa shape index (κ3) is 3.40. The first-order valence-corrected chi connectivity index (χ1v) is 7.38. The number of hydrogen-bond acceptors (Lipinski definition) is 2. The fourth-order valence-corrected chi connectivity index (χ4v) is 2.43. The van der Waals surface area contributed by atoms with Gasteiger partial charge in [-0.3, -0.25) is 4.79 Å². The summed E-state index contributed by atoms with van der Waals surface area (Å²) in [6, 6.07) is 0. The van der Waals surface area contributed by atoms with Gasteiger partial charge in [0.05, 0.1) is 10.8 Å². The van der Waals surface area contributed by atoms with Crippen LogP contribution in [0.1, 0.15) is 5.56 Å². The van der Waals surface area contributed by atoms with Gasteiger partial charge < -0.3 is 5.11 Å². The maximum absolute atomic E-state index is 14.3. The maximum Gasteiger partial charge on any atom is 0.439 e. The Labute approximate surface area is 165 Å². The van der Waals surface area contributed by atoms with E-state index in [0.29, 0.717) is 0 Å². The third-order valence-corrected chi connectivity index (χ3v) is 3.97. The molecule has 16 heteroatoms. The molecule has 0 bridgehead atoms. The Hall–Kier alpha value is -3.07. The highest BCUT2D eigenvalue weighted by molar-refractivity contribution is 6.03. The molecule has 0 saturated heterocycles. The molecule has 0 unspecified atom stereocenters. The van der Waals surface area contributed by atoms with Crippen LogP contribution in [0.4, 0.5) is 61.5 Å². The molecule has 0 aliphatic heterocycles. The Bertz CT molecular complexity index is 1140. The number of fused-ring (bicyclic) bond motifs is 1. The minimum atomic E-state index is -7.04. The fraction of sp³-hybridized carbons (Fsp3) is 0.188. The number of alkyl halides is 7. The normalized spacial score (nSPS) is 13.8. The minimum Gasteiger partial charge on any atom is -0.872 e. The largest absolute Gasteiger partial charge is 0.872 e. The lowest BCUT2D eigenvalue weighted by Crippen LogP contribution is -2.58. The molecule has 0 spiro atoms.